The Morgan fingerprint density at radius 2 is 1.81 bits per heavy atom. The number of carbonyl (C=O) groups is 1. The number of benzene rings is 3. The topological polar surface area (TPSA) is 41.6 Å². The molecule has 0 saturated heterocycles. The number of hydrogen-bond acceptors (Lipinski definition) is 3. The van der Waals surface area contributed by atoms with Crippen LogP contribution in [-0.4, -0.2) is 31.5 Å². The molecule has 0 aliphatic rings. The summed E-state index contributed by atoms with van der Waals surface area (Å²) in [6.07, 6.45) is 0. The molecule has 3 aromatic carbocycles. The maximum atomic E-state index is 12.4. The molecule has 4 nitrogen and oxygen atoms in total. The van der Waals surface area contributed by atoms with E-state index in [0.717, 1.165) is 16.9 Å². The third-order valence-electron chi connectivity index (χ3n) is 4.65. The Hall–Kier alpha value is -2.85. The molecular formula is C23H26N2O2. The number of carbonyl (C=O) groups excluding carboxylic acids is 1. The smallest absolute Gasteiger partial charge is 0.234 e. The number of hydrogen-bond donors (Lipinski definition) is 1. The van der Waals surface area contributed by atoms with E-state index in [1.54, 1.807) is 7.11 Å². The summed E-state index contributed by atoms with van der Waals surface area (Å²) in [6, 6.07) is 22.4. The Morgan fingerprint density at radius 3 is 2.59 bits per heavy atom. The van der Waals surface area contributed by atoms with Gasteiger partial charge in [0.15, 0.2) is 0 Å². The lowest BCUT2D eigenvalue weighted by Crippen LogP contribution is -2.36. The highest BCUT2D eigenvalue weighted by molar-refractivity contribution is 5.83. The summed E-state index contributed by atoms with van der Waals surface area (Å²) in [5.74, 6) is 0.844. The van der Waals surface area contributed by atoms with Crippen LogP contribution >= 0.6 is 0 Å². The van der Waals surface area contributed by atoms with Crippen LogP contribution in [0.2, 0.25) is 0 Å². The number of methoxy groups -OCH3 is 1. The zero-order valence-electron chi connectivity index (χ0n) is 16.1. The van der Waals surface area contributed by atoms with Gasteiger partial charge in [-0.25, -0.2) is 0 Å². The molecular weight excluding hydrogens is 336 g/mol. The molecule has 0 aliphatic heterocycles. The van der Waals surface area contributed by atoms with Crippen LogP contribution in [0, 0.1) is 0 Å². The number of likely N-dealkylation sites (N-methyl/N-ethyl adjacent to an activating group) is 1. The number of ether oxygens (including phenoxy) is 1. The zero-order valence-corrected chi connectivity index (χ0v) is 16.1. The summed E-state index contributed by atoms with van der Waals surface area (Å²) in [6.45, 7) is 3.05. The molecule has 3 aromatic rings. The van der Waals surface area contributed by atoms with Crippen molar-refractivity contribution in [3.8, 4) is 5.75 Å². The highest BCUT2D eigenvalue weighted by Gasteiger charge is 2.12. The molecule has 3 rings (SSSR count). The molecule has 0 spiro atoms. The molecule has 0 heterocycles. The molecule has 1 atom stereocenters. The number of amides is 1. The first kappa shape index (κ1) is 18.9. The largest absolute Gasteiger partial charge is 0.497 e. The van der Waals surface area contributed by atoms with Crippen LogP contribution in [0.5, 0.6) is 5.75 Å². The van der Waals surface area contributed by atoms with Crippen molar-refractivity contribution in [2.75, 3.05) is 20.7 Å². The molecule has 1 N–H and O–H groups in total. The number of nitrogens with one attached hydrogen (secondary N) is 1. The fraction of sp³-hybridized carbons (Fsp3) is 0.261. The van der Waals surface area contributed by atoms with Gasteiger partial charge in [-0.2, -0.15) is 0 Å². The van der Waals surface area contributed by atoms with Crippen molar-refractivity contribution in [1.29, 1.82) is 0 Å². The van der Waals surface area contributed by atoms with Gasteiger partial charge in [-0.15, -0.1) is 0 Å². The molecule has 4 heteroatoms. The first-order chi connectivity index (χ1) is 13.0. The maximum absolute atomic E-state index is 12.4. The fourth-order valence-corrected chi connectivity index (χ4v) is 3.23. The molecule has 0 fully saturated rings. The summed E-state index contributed by atoms with van der Waals surface area (Å²) in [5.41, 5.74) is 2.23. The van der Waals surface area contributed by atoms with Gasteiger partial charge < -0.3 is 10.1 Å². The number of nitrogens with zero attached hydrogens (tertiary/aromatic N) is 1. The van der Waals surface area contributed by atoms with Crippen LogP contribution in [0.3, 0.4) is 0 Å². The van der Waals surface area contributed by atoms with E-state index in [-0.39, 0.29) is 11.9 Å². The first-order valence-corrected chi connectivity index (χ1v) is 9.14. The van der Waals surface area contributed by atoms with Crippen LogP contribution in [0.25, 0.3) is 10.8 Å². The van der Waals surface area contributed by atoms with E-state index in [1.165, 1.54) is 10.8 Å². The fourth-order valence-electron chi connectivity index (χ4n) is 3.23. The normalized spacial score (nSPS) is 12.1. The average molecular weight is 362 g/mol. The van der Waals surface area contributed by atoms with E-state index in [2.05, 4.69) is 35.6 Å². The maximum Gasteiger partial charge on any atom is 0.234 e. The van der Waals surface area contributed by atoms with Gasteiger partial charge in [0.05, 0.1) is 19.7 Å². The molecule has 27 heavy (non-hydrogen) atoms. The second-order valence-electron chi connectivity index (χ2n) is 6.92. The van der Waals surface area contributed by atoms with Gasteiger partial charge in [0.1, 0.15) is 5.75 Å². The molecule has 1 amide bonds. The standard InChI is InChI=1S/C23H26N2O2/c1-17(20-12-11-19-8-4-5-9-21(19)14-20)24-23(26)16-25(2)15-18-7-6-10-22(13-18)27-3/h4-14,17H,15-16H2,1-3H3,(H,24,26). The third-order valence-corrected chi connectivity index (χ3v) is 4.65. The first-order valence-electron chi connectivity index (χ1n) is 9.14. The van der Waals surface area contributed by atoms with Crippen molar-refractivity contribution in [3.05, 3.63) is 77.9 Å². The van der Waals surface area contributed by atoms with Crippen molar-refractivity contribution in [1.82, 2.24) is 10.2 Å². The van der Waals surface area contributed by atoms with Gasteiger partial charge in [0, 0.05) is 6.54 Å². The second kappa shape index (κ2) is 8.69. The van der Waals surface area contributed by atoms with Crippen LogP contribution in [0.1, 0.15) is 24.1 Å². The monoisotopic (exact) mass is 362 g/mol. The van der Waals surface area contributed by atoms with E-state index in [1.807, 2.05) is 55.3 Å². The van der Waals surface area contributed by atoms with Crippen LogP contribution in [0.15, 0.2) is 66.7 Å². The predicted octanol–water partition coefficient (Wildman–Crippen LogP) is 4.16. The molecule has 0 saturated carbocycles. The Bertz CT molecular complexity index is 923. The van der Waals surface area contributed by atoms with Gasteiger partial charge in [0.25, 0.3) is 0 Å². The SMILES string of the molecule is COc1cccc(CN(C)CC(=O)NC(C)c2ccc3ccccc3c2)c1. The van der Waals surface area contributed by atoms with Gasteiger partial charge in [-0.3, -0.25) is 9.69 Å². The minimum absolute atomic E-state index is 0.0149. The van der Waals surface area contributed by atoms with Crippen molar-refractivity contribution >= 4 is 16.7 Å². The van der Waals surface area contributed by atoms with E-state index in [9.17, 15) is 4.79 Å². The van der Waals surface area contributed by atoms with Crippen molar-refractivity contribution in [2.45, 2.75) is 19.5 Å². The number of fused-ring (bicyclic) bond motifs is 1. The molecule has 140 valence electrons. The van der Waals surface area contributed by atoms with E-state index < -0.39 is 0 Å². The Kier molecular flexibility index (Phi) is 6.09. The summed E-state index contributed by atoms with van der Waals surface area (Å²) in [5, 5.41) is 5.49. The molecule has 0 aromatic heterocycles. The lowest BCUT2D eigenvalue weighted by Gasteiger charge is -2.20. The van der Waals surface area contributed by atoms with E-state index >= 15 is 0 Å². The zero-order chi connectivity index (χ0) is 19.2. The Balaban J connectivity index is 1.57. The molecule has 1 unspecified atom stereocenters. The van der Waals surface area contributed by atoms with Crippen LogP contribution < -0.4 is 10.1 Å². The average Bonchev–Trinajstić information content (AvgIpc) is 2.67. The molecule has 0 aliphatic carbocycles. The third kappa shape index (κ3) is 5.08. The lowest BCUT2D eigenvalue weighted by molar-refractivity contribution is -0.122. The van der Waals surface area contributed by atoms with Crippen LogP contribution in [-0.2, 0) is 11.3 Å². The minimum Gasteiger partial charge on any atom is -0.497 e. The number of rotatable bonds is 7. The minimum atomic E-state index is -0.0349. The quantitative estimate of drug-likeness (QED) is 0.686. The summed E-state index contributed by atoms with van der Waals surface area (Å²) >= 11 is 0. The van der Waals surface area contributed by atoms with Crippen LogP contribution in [0.4, 0.5) is 0 Å². The van der Waals surface area contributed by atoms with Gasteiger partial charge in [-0.05, 0) is 54.1 Å². The lowest BCUT2D eigenvalue weighted by atomic mass is 10.0. The summed E-state index contributed by atoms with van der Waals surface area (Å²) in [7, 11) is 3.60. The van der Waals surface area contributed by atoms with E-state index in [4.69, 9.17) is 4.74 Å². The second-order valence-corrected chi connectivity index (χ2v) is 6.92. The summed E-state index contributed by atoms with van der Waals surface area (Å²) in [4.78, 5) is 14.4. The predicted molar refractivity (Wildman–Crippen MR) is 110 cm³/mol. The van der Waals surface area contributed by atoms with E-state index in [0.29, 0.717) is 13.1 Å². The molecule has 0 radical (unpaired) electrons. The van der Waals surface area contributed by atoms with Gasteiger partial charge in [-0.1, -0.05) is 48.5 Å². The van der Waals surface area contributed by atoms with Crippen molar-refractivity contribution in [3.63, 3.8) is 0 Å². The van der Waals surface area contributed by atoms with Crippen molar-refractivity contribution in [2.24, 2.45) is 0 Å². The van der Waals surface area contributed by atoms with Gasteiger partial charge in [0.2, 0.25) is 5.91 Å². The van der Waals surface area contributed by atoms with Gasteiger partial charge >= 0.3 is 0 Å². The highest BCUT2D eigenvalue weighted by Crippen LogP contribution is 2.20. The Morgan fingerprint density at radius 1 is 1.04 bits per heavy atom. The van der Waals surface area contributed by atoms with Crippen molar-refractivity contribution < 1.29 is 9.53 Å². The summed E-state index contributed by atoms with van der Waals surface area (Å²) < 4.78 is 5.25. The Labute approximate surface area is 160 Å². The molecule has 0 bridgehead atoms. The highest BCUT2D eigenvalue weighted by atomic mass is 16.5.